The first-order valence-corrected chi connectivity index (χ1v) is 9.81. The van der Waals surface area contributed by atoms with Gasteiger partial charge in [0, 0.05) is 41.1 Å². The predicted molar refractivity (Wildman–Crippen MR) is 118 cm³/mol. The molecule has 0 atom stereocenters. The summed E-state index contributed by atoms with van der Waals surface area (Å²) in [6.07, 6.45) is 6.72. The normalized spacial score (nSPS) is 10.4. The van der Waals surface area contributed by atoms with Gasteiger partial charge in [-0.3, -0.25) is 14.6 Å². The van der Waals surface area contributed by atoms with Crippen molar-refractivity contribution in [1.29, 1.82) is 0 Å². The fourth-order valence-corrected chi connectivity index (χ4v) is 3.07. The molecule has 0 aliphatic rings. The Labute approximate surface area is 180 Å². The van der Waals surface area contributed by atoms with E-state index >= 15 is 0 Å². The first-order valence-electron chi connectivity index (χ1n) is 9.02. The van der Waals surface area contributed by atoms with Gasteiger partial charge in [0.1, 0.15) is 0 Å². The minimum absolute atomic E-state index is 0.269. The second kappa shape index (κ2) is 8.71. The Kier molecular flexibility index (Phi) is 5.67. The molecule has 4 aromatic rings. The van der Waals surface area contributed by atoms with Crippen molar-refractivity contribution in [2.45, 2.75) is 0 Å². The zero-order valence-corrected chi connectivity index (χ0v) is 17.2. The zero-order valence-electron chi connectivity index (χ0n) is 15.6. The van der Waals surface area contributed by atoms with Crippen molar-refractivity contribution in [3.63, 3.8) is 0 Å². The van der Waals surface area contributed by atoms with Crippen LogP contribution in [0.25, 0.3) is 5.69 Å². The van der Waals surface area contributed by atoms with E-state index in [0.717, 1.165) is 10.2 Å². The Morgan fingerprint density at radius 1 is 0.833 bits per heavy atom. The van der Waals surface area contributed by atoms with Crippen molar-refractivity contribution in [1.82, 2.24) is 14.8 Å². The van der Waals surface area contributed by atoms with Gasteiger partial charge in [-0.1, -0.05) is 6.07 Å². The molecular formula is C22H16BrN5O2. The maximum atomic E-state index is 12.6. The maximum absolute atomic E-state index is 12.6. The van der Waals surface area contributed by atoms with E-state index in [0.29, 0.717) is 22.5 Å². The molecule has 0 unspecified atom stereocenters. The van der Waals surface area contributed by atoms with E-state index in [1.165, 1.54) is 0 Å². The van der Waals surface area contributed by atoms with Gasteiger partial charge in [0.05, 0.1) is 16.4 Å². The molecule has 2 aromatic heterocycles. The summed E-state index contributed by atoms with van der Waals surface area (Å²) in [7, 11) is 0. The molecule has 30 heavy (non-hydrogen) atoms. The molecule has 0 saturated heterocycles. The van der Waals surface area contributed by atoms with E-state index in [2.05, 4.69) is 36.6 Å². The zero-order chi connectivity index (χ0) is 20.9. The third-order valence-corrected chi connectivity index (χ3v) is 4.68. The molecule has 2 N–H and O–H groups in total. The third kappa shape index (κ3) is 4.61. The average Bonchev–Trinajstić information content (AvgIpc) is 3.21. The Hall–Kier alpha value is -3.78. The highest BCUT2D eigenvalue weighted by atomic mass is 79.9. The maximum Gasteiger partial charge on any atom is 0.255 e. The van der Waals surface area contributed by atoms with E-state index in [1.807, 2.05) is 18.3 Å². The van der Waals surface area contributed by atoms with Crippen LogP contribution in [0.15, 0.2) is 89.9 Å². The molecule has 2 aromatic carbocycles. The lowest BCUT2D eigenvalue weighted by atomic mass is 10.1. The van der Waals surface area contributed by atoms with Crippen LogP contribution in [0.2, 0.25) is 0 Å². The van der Waals surface area contributed by atoms with E-state index < -0.39 is 0 Å². The summed E-state index contributed by atoms with van der Waals surface area (Å²) in [5, 5.41) is 9.82. The highest BCUT2D eigenvalue weighted by Gasteiger charge is 2.10. The number of aromatic nitrogens is 3. The van der Waals surface area contributed by atoms with Gasteiger partial charge in [0.25, 0.3) is 11.8 Å². The number of benzene rings is 2. The molecular weight excluding hydrogens is 446 g/mol. The fraction of sp³-hybridized carbons (Fsp3) is 0. The minimum atomic E-state index is -0.271. The smallest absolute Gasteiger partial charge is 0.255 e. The molecule has 0 aliphatic carbocycles. The van der Waals surface area contributed by atoms with Crippen LogP contribution in [0.5, 0.6) is 0 Å². The summed E-state index contributed by atoms with van der Waals surface area (Å²) in [5.41, 5.74) is 2.95. The van der Waals surface area contributed by atoms with Crippen LogP contribution in [-0.2, 0) is 0 Å². The van der Waals surface area contributed by atoms with Crippen LogP contribution in [0.3, 0.4) is 0 Å². The van der Waals surface area contributed by atoms with Crippen LogP contribution in [0.4, 0.5) is 11.4 Å². The number of hydrogen-bond donors (Lipinski definition) is 2. The van der Waals surface area contributed by atoms with E-state index in [9.17, 15) is 9.59 Å². The molecule has 0 fully saturated rings. The van der Waals surface area contributed by atoms with Crippen molar-refractivity contribution in [2.24, 2.45) is 0 Å². The molecule has 8 heteroatoms. The quantitative estimate of drug-likeness (QED) is 0.456. The first-order chi connectivity index (χ1) is 14.6. The van der Waals surface area contributed by atoms with Crippen LogP contribution in [-0.4, -0.2) is 26.6 Å². The standard InChI is InChI=1S/C22H16BrN5O2/c23-17-13-25-28(14-17)20-6-4-15(5-7-20)21(29)27-19-3-1-2-16(12-19)22(30)26-18-8-10-24-11-9-18/h1-14H,(H,27,29)(H,24,26,30). The van der Waals surface area contributed by atoms with E-state index in [4.69, 9.17) is 0 Å². The van der Waals surface area contributed by atoms with Crippen LogP contribution >= 0.6 is 15.9 Å². The van der Waals surface area contributed by atoms with Crippen molar-refractivity contribution in [3.8, 4) is 5.69 Å². The van der Waals surface area contributed by atoms with Crippen molar-refractivity contribution < 1.29 is 9.59 Å². The number of anilines is 2. The molecule has 0 bridgehead atoms. The van der Waals surface area contributed by atoms with Crippen molar-refractivity contribution in [3.05, 3.63) is 101 Å². The number of carbonyl (C=O) groups excluding carboxylic acids is 2. The van der Waals surface area contributed by atoms with Gasteiger partial charge in [-0.2, -0.15) is 5.10 Å². The summed E-state index contributed by atoms with van der Waals surface area (Å²) >= 11 is 3.36. The van der Waals surface area contributed by atoms with Gasteiger partial charge >= 0.3 is 0 Å². The van der Waals surface area contributed by atoms with Gasteiger partial charge in [-0.05, 0) is 70.5 Å². The molecule has 7 nitrogen and oxygen atoms in total. The summed E-state index contributed by atoms with van der Waals surface area (Å²) in [6, 6.07) is 17.2. The molecule has 2 amide bonds. The largest absolute Gasteiger partial charge is 0.322 e. The number of halogens is 1. The highest BCUT2D eigenvalue weighted by molar-refractivity contribution is 9.10. The summed E-state index contributed by atoms with van der Waals surface area (Å²) in [5.74, 6) is -0.540. The number of pyridine rings is 1. The Balaban J connectivity index is 1.44. The molecule has 0 radical (unpaired) electrons. The molecule has 0 spiro atoms. The number of carbonyl (C=O) groups is 2. The summed E-state index contributed by atoms with van der Waals surface area (Å²) in [4.78, 5) is 28.9. The predicted octanol–water partition coefficient (Wildman–Crippen LogP) is 4.53. The van der Waals surface area contributed by atoms with Gasteiger partial charge in [0.15, 0.2) is 0 Å². The number of amides is 2. The van der Waals surface area contributed by atoms with Gasteiger partial charge < -0.3 is 10.6 Å². The van der Waals surface area contributed by atoms with Gasteiger partial charge in [-0.25, -0.2) is 4.68 Å². The van der Waals surface area contributed by atoms with E-state index in [-0.39, 0.29) is 11.8 Å². The summed E-state index contributed by atoms with van der Waals surface area (Å²) in [6.45, 7) is 0. The molecule has 148 valence electrons. The molecule has 0 saturated carbocycles. The lowest BCUT2D eigenvalue weighted by Crippen LogP contribution is -2.14. The number of rotatable bonds is 5. The summed E-state index contributed by atoms with van der Waals surface area (Å²) < 4.78 is 2.58. The Morgan fingerprint density at radius 2 is 1.53 bits per heavy atom. The Bertz CT molecular complexity index is 1190. The second-order valence-electron chi connectivity index (χ2n) is 6.37. The van der Waals surface area contributed by atoms with Gasteiger partial charge in [-0.15, -0.1) is 0 Å². The third-order valence-electron chi connectivity index (χ3n) is 4.27. The number of nitrogens with one attached hydrogen (secondary N) is 2. The number of nitrogens with zero attached hydrogens (tertiary/aromatic N) is 3. The second-order valence-corrected chi connectivity index (χ2v) is 7.29. The minimum Gasteiger partial charge on any atom is -0.322 e. The molecule has 2 heterocycles. The van der Waals surface area contributed by atoms with Crippen molar-refractivity contribution >= 4 is 39.1 Å². The van der Waals surface area contributed by atoms with Crippen LogP contribution in [0.1, 0.15) is 20.7 Å². The van der Waals surface area contributed by atoms with Gasteiger partial charge in [0.2, 0.25) is 0 Å². The SMILES string of the molecule is O=C(Nc1cccc(C(=O)Nc2ccncc2)c1)c1ccc(-n2cc(Br)cn2)cc1. The fourth-order valence-electron chi connectivity index (χ4n) is 2.79. The van der Waals surface area contributed by atoms with Crippen LogP contribution < -0.4 is 10.6 Å². The lowest BCUT2D eigenvalue weighted by molar-refractivity contribution is 0.101. The van der Waals surface area contributed by atoms with Crippen LogP contribution in [0, 0.1) is 0 Å². The van der Waals surface area contributed by atoms with E-state index in [1.54, 1.807) is 71.8 Å². The number of hydrogen-bond acceptors (Lipinski definition) is 4. The lowest BCUT2D eigenvalue weighted by Gasteiger charge is -2.09. The average molecular weight is 462 g/mol. The van der Waals surface area contributed by atoms with Crippen molar-refractivity contribution in [2.75, 3.05) is 10.6 Å². The first kappa shape index (κ1) is 19.5. The molecule has 4 rings (SSSR count). The topological polar surface area (TPSA) is 88.9 Å². The monoisotopic (exact) mass is 461 g/mol. The Morgan fingerprint density at radius 3 is 2.23 bits per heavy atom. The highest BCUT2D eigenvalue weighted by Crippen LogP contribution is 2.16. The molecule has 0 aliphatic heterocycles.